The molecule has 6 nitrogen and oxygen atoms in total. The van der Waals surface area contributed by atoms with Crippen LogP contribution in [0.25, 0.3) is 0 Å². The predicted octanol–water partition coefficient (Wildman–Crippen LogP) is 1.14. The standard InChI is InChI=1S/C14H22N4O2S/c1-10-9-11(2)16-14(15-10)18-7-5-12(6-8-18)17-21(19,20)13-3-4-13/h9,12-13,17H,3-8H2,1-2H3. The summed E-state index contributed by atoms with van der Waals surface area (Å²) < 4.78 is 26.8. The zero-order chi connectivity index (χ0) is 15.0. The number of anilines is 1. The molecule has 116 valence electrons. The van der Waals surface area contributed by atoms with Gasteiger partial charge in [0.25, 0.3) is 0 Å². The van der Waals surface area contributed by atoms with Crippen LogP contribution in [0.2, 0.25) is 0 Å². The van der Waals surface area contributed by atoms with Gasteiger partial charge in [0.15, 0.2) is 0 Å². The number of hydrogen-bond acceptors (Lipinski definition) is 5. The van der Waals surface area contributed by atoms with Crippen LogP contribution in [0.4, 0.5) is 5.95 Å². The van der Waals surface area contributed by atoms with Crippen molar-refractivity contribution in [2.75, 3.05) is 18.0 Å². The predicted molar refractivity (Wildman–Crippen MR) is 81.8 cm³/mol. The van der Waals surface area contributed by atoms with Gasteiger partial charge in [0.05, 0.1) is 5.25 Å². The molecular formula is C14H22N4O2S. The molecule has 1 aromatic rings. The summed E-state index contributed by atoms with van der Waals surface area (Å²) in [5, 5.41) is -0.140. The van der Waals surface area contributed by atoms with E-state index in [1.165, 1.54) is 0 Å². The van der Waals surface area contributed by atoms with Crippen LogP contribution in [0.5, 0.6) is 0 Å². The first-order valence-corrected chi connectivity index (χ1v) is 9.07. The number of aromatic nitrogens is 2. The van der Waals surface area contributed by atoms with Crippen molar-refractivity contribution in [3.8, 4) is 0 Å². The average molecular weight is 310 g/mol. The first-order chi connectivity index (χ1) is 9.94. The largest absolute Gasteiger partial charge is 0.341 e. The van der Waals surface area contributed by atoms with E-state index in [0.717, 1.165) is 56.1 Å². The molecule has 0 spiro atoms. The molecule has 0 radical (unpaired) electrons. The van der Waals surface area contributed by atoms with E-state index in [0.29, 0.717) is 0 Å². The van der Waals surface area contributed by atoms with E-state index in [1.807, 2.05) is 19.9 Å². The second-order valence-electron chi connectivity index (χ2n) is 6.07. The highest BCUT2D eigenvalue weighted by Crippen LogP contribution is 2.28. The molecule has 3 rings (SSSR count). The molecule has 1 saturated carbocycles. The van der Waals surface area contributed by atoms with E-state index >= 15 is 0 Å². The van der Waals surface area contributed by atoms with Crippen molar-refractivity contribution in [1.29, 1.82) is 0 Å². The van der Waals surface area contributed by atoms with E-state index in [2.05, 4.69) is 19.6 Å². The first kappa shape index (κ1) is 14.7. The van der Waals surface area contributed by atoms with Crippen LogP contribution < -0.4 is 9.62 Å². The second kappa shape index (κ2) is 5.53. The maximum Gasteiger partial charge on any atom is 0.225 e. The van der Waals surface area contributed by atoms with Crippen molar-refractivity contribution in [3.63, 3.8) is 0 Å². The number of rotatable bonds is 4. The van der Waals surface area contributed by atoms with Gasteiger partial charge < -0.3 is 4.90 Å². The van der Waals surface area contributed by atoms with E-state index in [1.54, 1.807) is 0 Å². The van der Waals surface area contributed by atoms with Crippen molar-refractivity contribution < 1.29 is 8.42 Å². The summed E-state index contributed by atoms with van der Waals surface area (Å²) >= 11 is 0. The monoisotopic (exact) mass is 310 g/mol. The van der Waals surface area contributed by atoms with Crippen molar-refractivity contribution in [1.82, 2.24) is 14.7 Å². The fraction of sp³-hybridized carbons (Fsp3) is 0.714. The second-order valence-corrected chi connectivity index (χ2v) is 8.07. The third-order valence-corrected chi connectivity index (χ3v) is 6.05. The lowest BCUT2D eigenvalue weighted by atomic mass is 10.1. The molecular weight excluding hydrogens is 288 g/mol. The van der Waals surface area contributed by atoms with Gasteiger partial charge in [-0.15, -0.1) is 0 Å². The van der Waals surface area contributed by atoms with Crippen LogP contribution in [-0.2, 0) is 10.0 Å². The summed E-state index contributed by atoms with van der Waals surface area (Å²) in [6, 6.07) is 2.01. The Hall–Kier alpha value is -1.21. The molecule has 0 amide bonds. The Kier molecular flexibility index (Phi) is 3.88. The number of nitrogens with zero attached hydrogens (tertiary/aromatic N) is 3. The number of nitrogens with one attached hydrogen (secondary N) is 1. The molecule has 0 bridgehead atoms. The minimum absolute atomic E-state index is 0.0535. The van der Waals surface area contributed by atoms with Crippen LogP contribution in [0.15, 0.2) is 6.07 Å². The highest BCUT2D eigenvalue weighted by atomic mass is 32.2. The summed E-state index contributed by atoms with van der Waals surface area (Å²) in [6.45, 7) is 5.52. The molecule has 2 aliphatic rings. The molecule has 1 aromatic heterocycles. The summed E-state index contributed by atoms with van der Waals surface area (Å²) in [4.78, 5) is 11.1. The van der Waals surface area contributed by atoms with Crippen molar-refractivity contribution in [2.45, 2.75) is 50.8 Å². The minimum Gasteiger partial charge on any atom is -0.341 e. The third-order valence-electron chi connectivity index (χ3n) is 4.04. The Morgan fingerprint density at radius 1 is 1.10 bits per heavy atom. The minimum atomic E-state index is -3.08. The summed E-state index contributed by atoms with van der Waals surface area (Å²) in [7, 11) is -3.08. The molecule has 7 heteroatoms. The Balaban J connectivity index is 1.59. The van der Waals surface area contributed by atoms with Gasteiger partial charge in [0.1, 0.15) is 0 Å². The number of hydrogen-bond donors (Lipinski definition) is 1. The SMILES string of the molecule is Cc1cc(C)nc(N2CCC(NS(=O)(=O)C3CC3)CC2)n1. The van der Waals surface area contributed by atoms with Crippen LogP contribution in [-0.4, -0.2) is 42.8 Å². The lowest BCUT2D eigenvalue weighted by Crippen LogP contribution is -2.46. The topological polar surface area (TPSA) is 75.2 Å². The molecule has 1 N–H and O–H groups in total. The molecule has 0 unspecified atom stereocenters. The van der Waals surface area contributed by atoms with Gasteiger partial charge in [0.2, 0.25) is 16.0 Å². The van der Waals surface area contributed by atoms with Crippen molar-refractivity contribution >= 4 is 16.0 Å². The van der Waals surface area contributed by atoms with E-state index < -0.39 is 10.0 Å². The third kappa shape index (κ3) is 3.52. The van der Waals surface area contributed by atoms with Gasteiger partial charge in [-0.3, -0.25) is 0 Å². The average Bonchev–Trinajstić information content (AvgIpc) is 3.22. The summed E-state index contributed by atoms with van der Waals surface area (Å²) in [5.74, 6) is 0.760. The van der Waals surface area contributed by atoms with E-state index in [-0.39, 0.29) is 11.3 Å². The van der Waals surface area contributed by atoms with Gasteiger partial charge in [0, 0.05) is 30.5 Å². The van der Waals surface area contributed by atoms with Gasteiger partial charge in [-0.2, -0.15) is 0 Å². The van der Waals surface area contributed by atoms with Crippen molar-refractivity contribution in [3.05, 3.63) is 17.5 Å². The molecule has 1 aliphatic carbocycles. The zero-order valence-corrected chi connectivity index (χ0v) is 13.4. The molecule has 0 aromatic carbocycles. The van der Waals surface area contributed by atoms with E-state index in [9.17, 15) is 8.42 Å². The number of piperidine rings is 1. The lowest BCUT2D eigenvalue weighted by molar-refractivity contribution is 0.455. The van der Waals surface area contributed by atoms with E-state index in [4.69, 9.17) is 0 Å². The normalized spacial score (nSPS) is 20.8. The Morgan fingerprint density at radius 3 is 2.19 bits per heavy atom. The van der Waals surface area contributed by atoms with Gasteiger partial charge in [-0.25, -0.2) is 23.1 Å². The molecule has 0 atom stereocenters. The highest BCUT2D eigenvalue weighted by Gasteiger charge is 2.37. The zero-order valence-electron chi connectivity index (χ0n) is 12.5. The van der Waals surface area contributed by atoms with Gasteiger partial charge in [-0.05, 0) is 45.6 Å². The number of aryl methyl sites for hydroxylation is 2. The van der Waals surface area contributed by atoms with Crippen LogP contribution >= 0.6 is 0 Å². The van der Waals surface area contributed by atoms with Gasteiger partial charge in [-0.1, -0.05) is 0 Å². The maximum atomic E-state index is 12.0. The maximum absolute atomic E-state index is 12.0. The molecule has 21 heavy (non-hydrogen) atoms. The Labute approximate surface area is 126 Å². The first-order valence-electron chi connectivity index (χ1n) is 7.52. The highest BCUT2D eigenvalue weighted by molar-refractivity contribution is 7.90. The molecule has 2 heterocycles. The van der Waals surface area contributed by atoms with Crippen LogP contribution in [0, 0.1) is 13.8 Å². The summed E-state index contributed by atoms with van der Waals surface area (Å²) in [5.41, 5.74) is 1.93. The Bertz CT molecular complexity index is 600. The Morgan fingerprint density at radius 2 is 1.67 bits per heavy atom. The fourth-order valence-corrected chi connectivity index (χ4v) is 4.40. The molecule has 2 fully saturated rings. The summed E-state index contributed by atoms with van der Waals surface area (Å²) in [6.07, 6.45) is 3.24. The van der Waals surface area contributed by atoms with Crippen LogP contribution in [0.3, 0.4) is 0 Å². The lowest BCUT2D eigenvalue weighted by Gasteiger charge is -2.32. The smallest absolute Gasteiger partial charge is 0.225 e. The van der Waals surface area contributed by atoms with Gasteiger partial charge >= 0.3 is 0 Å². The molecule has 1 aliphatic heterocycles. The van der Waals surface area contributed by atoms with Crippen molar-refractivity contribution in [2.24, 2.45) is 0 Å². The van der Waals surface area contributed by atoms with Crippen LogP contribution in [0.1, 0.15) is 37.1 Å². The fourth-order valence-electron chi connectivity index (χ4n) is 2.75. The number of sulfonamides is 1. The molecule has 1 saturated heterocycles. The quantitative estimate of drug-likeness (QED) is 0.903.